The van der Waals surface area contributed by atoms with Gasteiger partial charge in [-0.25, -0.2) is 13.1 Å². The second kappa shape index (κ2) is 8.05. The molecule has 3 heterocycles. The number of likely N-dealkylation sites (tertiary alicyclic amines) is 1. The summed E-state index contributed by atoms with van der Waals surface area (Å²) in [6, 6.07) is 3.76. The zero-order valence-electron chi connectivity index (χ0n) is 17.9. The molecule has 2 aromatic heterocycles. The predicted molar refractivity (Wildman–Crippen MR) is 116 cm³/mol. The molecular weight excluding hydrogens is 402 g/mol. The maximum atomic E-state index is 12.7. The van der Waals surface area contributed by atoms with E-state index in [9.17, 15) is 13.2 Å². The average Bonchev–Trinajstić information content (AvgIpc) is 3.07. The van der Waals surface area contributed by atoms with Crippen molar-refractivity contribution in [1.29, 1.82) is 0 Å². The van der Waals surface area contributed by atoms with Gasteiger partial charge in [0.25, 0.3) is 0 Å². The second-order valence-electron chi connectivity index (χ2n) is 9.74. The number of carbonyl (C=O) groups is 1. The summed E-state index contributed by atoms with van der Waals surface area (Å²) in [5, 5.41) is -0.426. The van der Waals surface area contributed by atoms with Crippen molar-refractivity contribution in [2.45, 2.75) is 63.7 Å². The van der Waals surface area contributed by atoms with Crippen LogP contribution in [0, 0.1) is 5.41 Å². The number of Topliss-reactive ketones (excluding diaryl/α,β-unsaturated/α-hetero) is 1. The van der Waals surface area contributed by atoms with E-state index in [1.165, 1.54) is 0 Å². The first-order valence-electron chi connectivity index (χ1n) is 10.7. The Balaban J connectivity index is 1.27. The minimum atomic E-state index is -3.37. The molecule has 2 aliphatic rings. The molecule has 0 unspecified atom stereocenters. The lowest BCUT2D eigenvalue weighted by Gasteiger charge is -2.40. The molecule has 2 fully saturated rings. The van der Waals surface area contributed by atoms with Crippen LogP contribution in [0.5, 0.6) is 0 Å². The van der Waals surface area contributed by atoms with Gasteiger partial charge in [0.1, 0.15) is 10.8 Å². The third-order valence-corrected chi connectivity index (χ3v) is 8.26. The molecule has 7 nitrogen and oxygen atoms in total. The molecule has 1 saturated carbocycles. The van der Waals surface area contributed by atoms with Crippen LogP contribution >= 0.6 is 0 Å². The number of aromatic nitrogens is 1. The van der Waals surface area contributed by atoms with E-state index in [4.69, 9.17) is 4.42 Å². The van der Waals surface area contributed by atoms with Crippen LogP contribution in [0.4, 0.5) is 0 Å². The third-order valence-electron chi connectivity index (χ3n) is 6.42. The number of carbonyl (C=O) groups excluding carboxylic acids is 1. The van der Waals surface area contributed by atoms with Gasteiger partial charge in [0.05, 0.1) is 12.8 Å². The first-order valence-corrected chi connectivity index (χ1v) is 12.3. The lowest BCUT2D eigenvalue weighted by molar-refractivity contribution is -0.128. The number of furan rings is 1. The molecule has 0 amide bonds. The number of ketones is 1. The van der Waals surface area contributed by atoms with E-state index in [1.54, 1.807) is 12.5 Å². The van der Waals surface area contributed by atoms with Crippen molar-refractivity contribution in [3.8, 4) is 0 Å². The fourth-order valence-electron chi connectivity index (χ4n) is 4.31. The quantitative estimate of drug-likeness (QED) is 0.753. The number of nitrogens with one attached hydrogen (secondary N) is 1. The van der Waals surface area contributed by atoms with E-state index in [0.717, 1.165) is 42.3 Å². The van der Waals surface area contributed by atoms with Gasteiger partial charge in [-0.1, -0.05) is 20.8 Å². The molecule has 0 spiro atoms. The smallest absolute Gasteiger partial charge is 0.217 e. The van der Waals surface area contributed by atoms with Crippen LogP contribution in [0.3, 0.4) is 0 Å². The molecular formula is C22H31N3O4S. The molecule has 1 aliphatic heterocycles. The zero-order chi connectivity index (χ0) is 21.5. The first kappa shape index (κ1) is 21.5. The maximum absolute atomic E-state index is 12.7. The highest BCUT2D eigenvalue weighted by Gasteiger charge is 2.40. The van der Waals surface area contributed by atoms with E-state index >= 15 is 0 Å². The Hall–Kier alpha value is -1.77. The summed E-state index contributed by atoms with van der Waals surface area (Å²) >= 11 is 0. The SMILES string of the molecule is CC(C)(C)C(=O)CN1CC(S(=O)(=O)NC2CCC(c3coc4cccnc34)CC2)C1. The number of fused-ring (bicyclic) bond motifs is 1. The summed E-state index contributed by atoms with van der Waals surface area (Å²) in [6.45, 7) is 6.86. The van der Waals surface area contributed by atoms with Gasteiger partial charge in [0, 0.05) is 36.3 Å². The minimum Gasteiger partial charge on any atom is -0.462 e. The average molecular weight is 434 g/mol. The molecule has 0 aromatic carbocycles. The van der Waals surface area contributed by atoms with Crippen molar-refractivity contribution in [2.24, 2.45) is 5.41 Å². The minimum absolute atomic E-state index is 0.0253. The Bertz CT molecular complexity index is 1010. The molecule has 4 rings (SSSR count). The summed E-state index contributed by atoms with van der Waals surface area (Å²) in [7, 11) is -3.37. The van der Waals surface area contributed by atoms with Crippen molar-refractivity contribution < 1.29 is 17.6 Å². The summed E-state index contributed by atoms with van der Waals surface area (Å²) in [5.74, 6) is 0.496. The lowest BCUT2D eigenvalue weighted by Crippen LogP contribution is -2.60. The third kappa shape index (κ3) is 4.45. The van der Waals surface area contributed by atoms with Crippen LogP contribution in [0.1, 0.15) is 57.9 Å². The van der Waals surface area contributed by atoms with E-state index in [2.05, 4.69) is 9.71 Å². The number of hydrogen-bond acceptors (Lipinski definition) is 6. The zero-order valence-corrected chi connectivity index (χ0v) is 18.7. The number of rotatable bonds is 6. The van der Waals surface area contributed by atoms with Crippen LogP contribution < -0.4 is 4.72 Å². The van der Waals surface area contributed by atoms with Crippen LogP contribution in [0.2, 0.25) is 0 Å². The van der Waals surface area contributed by atoms with Crippen LogP contribution in [0.25, 0.3) is 11.1 Å². The normalized spacial score (nSPS) is 24.1. The molecule has 8 heteroatoms. The van der Waals surface area contributed by atoms with Crippen LogP contribution in [-0.4, -0.2) is 55.0 Å². The van der Waals surface area contributed by atoms with E-state index in [1.807, 2.05) is 37.8 Å². The van der Waals surface area contributed by atoms with Crippen molar-refractivity contribution in [2.75, 3.05) is 19.6 Å². The molecule has 0 bridgehead atoms. The Morgan fingerprint density at radius 1 is 1.23 bits per heavy atom. The van der Waals surface area contributed by atoms with Crippen molar-refractivity contribution in [3.63, 3.8) is 0 Å². The number of hydrogen-bond donors (Lipinski definition) is 1. The Morgan fingerprint density at radius 3 is 2.60 bits per heavy atom. The summed E-state index contributed by atoms with van der Waals surface area (Å²) in [4.78, 5) is 18.5. The number of nitrogens with zero attached hydrogens (tertiary/aromatic N) is 2. The molecule has 164 valence electrons. The summed E-state index contributed by atoms with van der Waals surface area (Å²) < 4.78 is 34.0. The fraction of sp³-hybridized carbons (Fsp3) is 0.636. The van der Waals surface area contributed by atoms with Crippen molar-refractivity contribution in [1.82, 2.24) is 14.6 Å². The molecule has 1 N–H and O–H groups in total. The lowest BCUT2D eigenvalue weighted by atomic mass is 9.82. The topological polar surface area (TPSA) is 92.5 Å². The van der Waals surface area contributed by atoms with Crippen molar-refractivity contribution >= 4 is 26.9 Å². The molecule has 0 radical (unpaired) electrons. The molecule has 1 saturated heterocycles. The highest BCUT2D eigenvalue weighted by molar-refractivity contribution is 7.90. The molecule has 2 aromatic rings. The Kier molecular flexibility index (Phi) is 5.76. The van der Waals surface area contributed by atoms with E-state index < -0.39 is 20.7 Å². The first-order chi connectivity index (χ1) is 14.1. The maximum Gasteiger partial charge on any atom is 0.217 e. The Morgan fingerprint density at radius 2 is 1.93 bits per heavy atom. The molecule has 1 aliphatic carbocycles. The highest BCUT2D eigenvalue weighted by Crippen LogP contribution is 2.37. The van der Waals surface area contributed by atoms with Gasteiger partial charge >= 0.3 is 0 Å². The van der Waals surface area contributed by atoms with Crippen LogP contribution in [-0.2, 0) is 14.8 Å². The van der Waals surface area contributed by atoms with Gasteiger partial charge in [0.15, 0.2) is 11.4 Å². The molecule has 30 heavy (non-hydrogen) atoms. The second-order valence-corrected chi connectivity index (χ2v) is 11.7. The van der Waals surface area contributed by atoms with Gasteiger partial charge in [-0.05, 0) is 43.7 Å². The van der Waals surface area contributed by atoms with Gasteiger partial charge in [-0.3, -0.25) is 14.7 Å². The number of pyridine rings is 1. The Labute approximate surface area is 178 Å². The van der Waals surface area contributed by atoms with Gasteiger partial charge < -0.3 is 4.42 Å². The van der Waals surface area contributed by atoms with Gasteiger partial charge in [-0.2, -0.15) is 0 Å². The largest absolute Gasteiger partial charge is 0.462 e. The van der Waals surface area contributed by atoms with Crippen LogP contribution in [0.15, 0.2) is 29.0 Å². The monoisotopic (exact) mass is 433 g/mol. The summed E-state index contributed by atoms with van der Waals surface area (Å²) in [6.07, 6.45) is 7.02. The summed E-state index contributed by atoms with van der Waals surface area (Å²) in [5.41, 5.74) is 2.46. The standard InChI is InChI=1S/C22H31N3O4S/c1-22(2,3)20(26)13-25-11-17(12-25)30(27,28)24-16-8-6-15(7-9-16)18-14-29-19-5-4-10-23-21(18)19/h4-5,10,14-17,24H,6-9,11-13H2,1-3H3. The molecule has 0 atom stereocenters. The highest BCUT2D eigenvalue weighted by atomic mass is 32.2. The van der Waals surface area contributed by atoms with Gasteiger partial charge in [-0.15, -0.1) is 0 Å². The predicted octanol–water partition coefficient (Wildman–Crippen LogP) is 3.07. The van der Waals surface area contributed by atoms with Crippen molar-refractivity contribution in [3.05, 3.63) is 30.2 Å². The van der Waals surface area contributed by atoms with E-state index in [-0.39, 0.29) is 11.8 Å². The number of sulfonamides is 1. The fourth-order valence-corrected chi connectivity index (χ4v) is 6.02. The van der Waals surface area contributed by atoms with E-state index in [0.29, 0.717) is 25.6 Å². The van der Waals surface area contributed by atoms with Gasteiger partial charge in [0.2, 0.25) is 10.0 Å².